The van der Waals surface area contributed by atoms with Gasteiger partial charge in [0.2, 0.25) is 47.3 Å². The SMILES string of the molecule is CC[C@@H](C)[C@H]1NC(=O)[C@@H](CC(N)=O)NC(=O)[C@@H](N)CCC(=O)NCC[C@H](C(N)=O)NC(=O)[C@@H](Cc2c[nH]c3ccccc23)NC(=O)[C@H]2C[C@@H](n3cc(CCc4ccccc4)nn3)CN2C1=O. The van der Waals surface area contributed by atoms with Crippen molar-refractivity contribution >= 4 is 58.2 Å². The van der Waals surface area contributed by atoms with E-state index >= 15 is 0 Å². The number of benzene rings is 2. The quantitative estimate of drug-likeness (QED) is 0.0870. The van der Waals surface area contributed by atoms with E-state index in [1.807, 2.05) is 54.6 Å². The lowest BCUT2D eigenvalue weighted by Gasteiger charge is -2.33. The maximum Gasteiger partial charge on any atom is 0.246 e. The minimum absolute atomic E-state index is 0.0313. The van der Waals surface area contributed by atoms with E-state index in [1.165, 1.54) is 4.90 Å². The molecule has 21 nitrogen and oxygen atoms in total. The Bertz CT molecular complexity index is 2400. The first kappa shape index (κ1) is 48.3. The summed E-state index contributed by atoms with van der Waals surface area (Å²) in [4.78, 5) is 113. The molecule has 4 aromatic rings. The number of aromatic amines is 1. The van der Waals surface area contributed by atoms with Crippen LogP contribution >= 0.6 is 0 Å². The van der Waals surface area contributed by atoms with Crippen LogP contribution in [0.3, 0.4) is 0 Å². The van der Waals surface area contributed by atoms with Gasteiger partial charge < -0.3 is 53.7 Å². The molecule has 0 aliphatic carbocycles. The van der Waals surface area contributed by atoms with Crippen molar-refractivity contribution in [1.29, 1.82) is 0 Å². The number of nitrogens with two attached hydrogens (primary N) is 3. The zero-order chi connectivity index (χ0) is 47.5. The van der Waals surface area contributed by atoms with Crippen LogP contribution < -0.4 is 43.8 Å². The lowest BCUT2D eigenvalue weighted by atomic mass is 9.96. The summed E-state index contributed by atoms with van der Waals surface area (Å²) in [5, 5.41) is 22.8. The summed E-state index contributed by atoms with van der Waals surface area (Å²) in [7, 11) is 0. The number of para-hydroxylation sites is 1. The van der Waals surface area contributed by atoms with Crippen LogP contribution in [-0.4, -0.2) is 121 Å². The molecule has 6 rings (SSSR count). The van der Waals surface area contributed by atoms with E-state index in [2.05, 4.69) is 41.9 Å². The van der Waals surface area contributed by atoms with Crippen molar-refractivity contribution in [3.63, 3.8) is 0 Å². The third-order valence-electron chi connectivity index (χ3n) is 12.3. The standard InChI is InChI=1S/C45H59N13O8/c1-3-25(2)39-45(66)57-24-29(58-23-28(55-56-58)14-13-26-9-5-4-6-10-26)20-36(57)44(65)53-34(19-27-22-50-32-12-8-7-11-30(27)32)42(63)51-33(40(48)61)17-18-49-38(60)16-15-31(46)41(62)52-35(21-37(47)59)43(64)54-39/h4-12,22-23,25,29,31,33-36,39,50H,3,13-21,24,46H2,1-2H3,(H2,47,59)(H2,48,61)(H,49,60)(H,51,63)(H,52,62)(H,53,65)(H,54,64)/t25-,29-,31+,33-,34-,35-,36-,39-/m1/s1. The number of carbonyl (C=O) groups excluding carboxylic acids is 8. The largest absolute Gasteiger partial charge is 0.370 e. The van der Waals surface area contributed by atoms with E-state index < -0.39 is 102 Å². The number of nitrogens with zero attached hydrogens (tertiary/aromatic N) is 4. The Labute approximate surface area is 381 Å². The van der Waals surface area contributed by atoms with Gasteiger partial charge in [0.15, 0.2) is 0 Å². The lowest BCUT2D eigenvalue weighted by Crippen LogP contribution is -2.61. The molecule has 21 heteroatoms. The molecule has 8 atom stereocenters. The second kappa shape index (κ2) is 22.2. The first-order chi connectivity index (χ1) is 31.6. The summed E-state index contributed by atoms with van der Waals surface area (Å²) < 4.78 is 1.60. The van der Waals surface area contributed by atoms with Gasteiger partial charge in [-0.25, -0.2) is 4.68 Å². The van der Waals surface area contributed by atoms with E-state index in [-0.39, 0.29) is 45.2 Å². The molecule has 0 spiro atoms. The van der Waals surface area contributed by atoms with Crippen molar-refractivity contribution in [3.8, 4) is 0 Å². The molecule has 66 heavy (non-hydrogen) atoms. The van der Waals surface area contributed by atoms with Gasteiger partial charge in [0.05, 0.1) is 24.2 Å². The van der Waals surface area contributed by atoms with Crippen molar-refractivity contribution in [2.75, 3.05) is 13.1 Å². The predicted octanol–water partition coefficient (Wildman–Crippen LogP) is -1.10. The van der Waals surface area contributed by atoms with Crippen molar-refractivity contribution in [1.82, 2.24) is 51.5 Å². The number of H-pyrrole nitrogens is 1. The van der Waals surface area contributed by atoms with Crippen molar-refractivity contribution in [2.45, 2.75) is 114 Å². The van der Waals surface area contributed by atoms with Gasteiger partial charge in [-0.15, -0.1) is 5.10 Å². The smallest absolute Gasteiger partial charge is 0.246 e. The summed E-state index contributed by atoms with van der Waals surface area (Å²) in [6.45, 7) is 3.38. The summed E-state index contributed by atoms with van der Waals surface area (Å²) in [6, 6.07) is 8.75. The minimum atomic E-state index is -1.54. The predicted molar refractivity (Wildman–Crippen MR) is 240 cm³/mol. The van der Waals surface area contributed by atoms with Gasteiger partial charge in [0.1, 0.15) is 30.2 Å². The van der Waals surface area contributed by atoms with Crippen LogP contribution in [0.2, 0.25) is 0 Å². The fourth-order valence-corrected chi connectivity index (χ4v) is 8.24. The molecule has 2 aliphatic heterocycles. The molecule has 2 saturated heterocycles. The number of aromatic nitrogens is 4. The highest BCUT2D eigenvalue weighted by Crippen LogP contribution is 2.30. The number of carbonyl (C=O) groups is 8. The molecule has 8 amide bonds. The molecule has 12 N–H and O–H groups in total. The molecule has 2 aromatic carbocycles. The molecule has 2 aromatic heterocycles. The summed E-state index contributed by atoms with van der Waals surface area (Å²) >= 11 is 0. The van der Waals surface area contributed by atoms with Crippen LogP contribution in [0.1, 0.15) is 75.2 Å². The average molecular weight is 910 g/mol. The Balaban J connectivity index is 1.37. The lowest BCUT2D eigenvalue weighted by molar-refractivity contribution is -0.143. The minimum Gasteiger partial charge on any atom is -0.370 e. The van der Waals surface area contributed by atoms with E-state index in [0.29, 0.717) is 30.5 Å². The number of hydrogen-bond acceptors (Lipinski definition) is 11. The second-order valence-electron chi connectivity index (χ2n) is 17.0. The highest BCUT2D eigenvalue weighted by atomic mass is 16.2. The molecule has 2 fully saturated rings. The van der Waals surface area contributed by atoms with Crippen molar-refractivity contribution in [3.05, 3.63) is 83.8 Å². The number of rotatable bonds is 11. The van der Waals surface area contributed by atoms with E-state index in [4.69, 9.17) is 17.2 Å². The molecule has 0 saturated carbocycles. The molecule has 0 bridgehead atoms. The Morgan fingerprint density at radius 2 is 1.56 bits per heavy atom. The maximum atomic E-state index is 15.0. The Kier molecular flexibility index (Phi) is 16.2. The third-order valence-corrected chi connectivity index (χ3v) is 12.3. The van der Waals surface area contributed by atoms with Crippen LogP contribution in [0, 0.1) is 5.92 Å². The number of amides is 8. The number of primary amides is 2. The number of fused-ring (bicyclic) bond motifs is 2. The van der Waals surface area contributed by atoms with E-state index in [9.17, 15) is 38.4 Å². The van der Waals surface area contributed by atoms with Crippen LogP contribution in [0.5, 0.6) is 0 Å². The van der Waals surface area contributed by atoms with Crippen molar-refractivity contribution in [2.24, 2.45) is 23.1 Å². The van der Waals surface area contributed by atoms with Gasteiger partial charge in [0.25, 0.3) is 0 Å². The summed E-state index contributed by atoms with van der Waals surface area (Å²) in [5.41, 5.74) is 20.6. The Morgan fingerprint density at radius 1 is 0.848 bits per heavy atom. The molecule has 2 aliphatic rings. The van der Waals surface area contributed by atoms with Gasteiger partial charge in [-0.3, -0.25) is 38.4 Å². The van der Waals surface area contributed by atoms with Crippen LogP contribution in [0.25, 0.3) is 10.9 Å². The maximum absolute atomic E-state index is 15.0. The second-order valence-corrected chi connectivity index (χ2v) is 17.0. The van der Waals surface area contributed by atoms with Gasteiger partial charge in [0, 0.05) is 55.6 Å². The normalized spacial score (nSPS) is 24.7. The number of nitrogens with one attached hydrogen (secondary N) is 6. The summed E-state index contributed by atoms with van der Waals surface area (Å²) in [6.07, 6.45) is 3.97. The zero-order valence-electron chi connectivity index (χ0n) is 37.0. The van der Waals surface area contributed by atoms with Gasteiger partial charge in [-0.1, -0.05) is 74.0 Å². The first-order valence-electron chi connectivity index (χ1n) is 22.2. The van der Waals surface area contributed by atoms with Gasteiger partial charge in [-0.2, -0.15) is 0 Å². The van der Waals surface area contributed by atoms with Crippen LogP contribution in [0.4, 0.5) is 0 Å². The van der Waals surface area contributed by atoms with Crippen LogP contribution in [0.15, 0.2) is 67.0 Å². The highest BCUT2D eigenvalue weighted by molar-refractivity contribution is 5.98. The molecular formula is C45H59N13O8. The fraction of sp³-hybridized carbons (Fsp3) is 0.467. The van der Waals surface area contributed by atoms with E-state index in [0.717, 1.165) is 16.5 Å². The summed E-state index contributed by atoms with van der Waals surface area (Å²) in [5.74, 6) is -6.75. The fourth-order valence-electron chi connectivity index (χ4n) is 8.24. The first-order valence-corrected chi connectivity index (χ1v) is 22.2. The number of aryl methyl sites for hydroxylation is 2. The monoisotopic (exact) mass is 909 g/mol. The molecule has 352 valence electrons. The molecular weight excluding hydrogens is 851 g/mol. The molecule has 0 radical (unpaired) electrons. The van der Waals surface area contributed by atoms with Gasteiger partial charge in [-0.05, 0) is 48.8 Å². The Hall–Kier alpha value is -7.16. The average Bonchev–Trinajstić information content (AvgIpc) is 4.07. The van der Waals surface area contributed by atoms with Crippen molar-refractivity contribution < 1.29 is 38.4 Å². The van der Waals surface area contributed by atoms with Crippen LogP contribution in [-0.2, 0) is 57.6 Å². The van der Waals surface area contributed by atoms with Gasteiger partial charge >= 0.3 is 0 Å². The molecule has 4 heterocycles. The highest BCUT2D eigenvalue weighted by Gasteiger charge is 2.45. The molecule has 0 unspecified atom stereocenters. The number of hydrogen-bond donors (Lipinski definition) is 9. The van der Waals surface area contributed by atoms with E-state index in [1.54, 1.807) is 30.9 Å². The zero-order valence-corrected chi connectivity index (χ0v) is 37.0. The third kappa shape index (κ3) is 12.3. The Morgan fingerprint density at radius 3 is 2.29 bits per heavy atom. The topological polar surface area (TPSA) is 325 Å².